The summed E-state index contributed by atoms with van der Waals surface area (Å²) in [4.78, 5) is 0. The van der Waals surface area contributed by atoms with Crippen molar-refractivity contribution < 1.29 is 0 Å². The van der Waals surface area contributed by atoms with Gasteiger partial charge in [0.05, 0.1) is 11.4 Å². The van der Waals surface area contributed by atoms with Gasteiger partial charge in [0.1, 0.15) is 0 Å². The van der Waals surface area contributed by atoms with E-state index in [1.165, 1.54) is 5.69 Å². The third-order valence-corrected chi connectivity index (χ3v) is 2.72. The minimum Gasteiger partial charge on any atom is -0.397 e. The first-order valence-corrected chi connectivity index (χ1v) is 5.52. The lowest BCUT2D eigenvalue weighted by Crippen LogP contribution is -2.08. The summed E-state index contributed by atoms with van der Waals surface area (Å²) in [6, 6.07) is 7.59. The van der Waals surface area contributed by atoms with Crippen LogP contribution >= 0.6 is 0 Å². The minimum atomic E-state index is 0.607. The predicted octanol–water partition coefficient (Wildman–Crippen LogP) is 1.24. The summed E-state index contributed by atoms with van der Waals surface area (Å²) in [6.45, 7) is 0.836. The molecular weight excluding hydrogens is 214 g/mol. The molecule has 5 nitrogen and oxygen atoms in total. The molecule has 0 aliphatic heterocycles. The average molecular weight is 231 g/mol. The van der Waals surface area contributed by atoms with Gasteiger partial charge in [0.25, 0.3) is 0 Å². The molecule has 0 radical (unpaired) electrons. The van der Waals surface area contributed by atoms with Gasteiger partial charge in [0, 0.05) is 37.6 Å². The van der Waals surface area contributed by atoms with Crippen molar-refractivity contribution in [2.75, 3.05) is 23.3 Å². The summed E-state index contributed by atoms with van der Waals surface area (Å²) < 4.78 is 1.87. The van der Waals surface area contributed by atoms with Crippen LogP contribution in [-0.2, 0) is 13.5 Å². The fourth-order valence-electron chi connectivity index (χ4n) is 1.67. The third kappa shape index (κ3) is 2.69. The predicted molar refractivity (Wildman–Crippen MR) is 70.7 cm³/mol. The SMILES string of the molecule is Cn1nccc1CCNc1ccc(N)c(N)c1. The molecule has 0 amide bonds. The summed E-state index contributed by atoms with van der Waals surface area (Å²) in [7, 11) is 1.94. The molecule has 0 saturated heterocycles. The number of rotatable bonds is 4. The number of nitrogen functional groups attached to an aromatic ring is 2. The molecule has 0 aliphatic carbocycles. The molecule has 5 N–H and O–H groups in total. The Morgan fingerprint density at radius 2 is 2.06 bits per heavy atom. The number of anilines is 3. The maximum absolute atomic E-state index is 5.73. The molecule has 1 aromatic carbocycles. The zero-order chi connectivity index (χ0) is 12.3. The van der Waals surface area contributed by atoms with Gasteiger partial charge in [0.2, 0.25) is 0 Å². The van der Waals surface area contributed by atoms with E-state index in [0.717, 1.165) is 18.7 Å². The summed E-state index contributed by atoms with van der Waals surface area (Å²) in [5, 5.41) is 7.42. The Kier molecular flexibility index (Phi) is 3.18. The molecule has 0 atom stereocenters. The largest absolute Gasteiger partial charge is 0.397 e. The Balaban J connectivity index is 1.90. The highest BCUT2D eigenvalue weighted by atomic mass is 15.3. The molecule has 1 heterocycles. The van der Waals surface area contributed by atoms with Crippen molar-refractivity contribution >= 4 is 17.1 Å². The van der Waals surface area contributed by atoms with Crippen molar-refractivity contribution in [2.45, 2.75) is 6.42 Å². The van der Waals surface area contributed by atoms with Gasteiger partial charge in [-0.2, -0.15) is 5.10 Å². The van der Waals surface area contributed by atoms with E-state index in [1.54, 1.807) is 6.20 Å². The Morgan fingerprint density at radius 3 is 2.71 bits per heavy atom. The second kappa shape index (κ2) is 4.78. The Bertz CT molecular complexity index is 503. The van der Waals surface area contributed by atoms with Gasteiger partial charge >= 0.3 is 0 Å². The highest BCUT2D eigenvalue weighted by Gasteiger charge is 1.99. The number of nitrogens with one attached hydrogen (secondary N) is 1. The first-order chi connectivity index (χ1) is 8.16. The summed E-state index contributed by atoms with van der Waals surface area (Å²) >= 11 is 0. The number of nitrogens with zero attached hydrogens (tertiary/aromatic N) is 2. The van der Waals surface area contributed by atoms with Crippen LogP contribution in [0.25, 0.3) is 0 Å². The van der Waals surface area contributed by atoms with Crippen LogP contribution in [-0.4, -0.2) is 16.3 Å². The van der Waals surface area contributed by atoms with Crippen LogP contribution in [0.4, 0.5) is 17.1 Å². The number of hydrogen-bond donors (Lipinski definition) is 3. The molecule has 1 aromatic heterocycles. The molecule has 90 valence electrons. The number of benzene rings is 1. The maximum Gasteiger partial charge on any atom is 0.0568 e. The monoisotopic (exact) mass is 231 g/mol. The maximum atomic E-state index is 5.73. The average Bonchev–Trinajstić information content (AvgIpc) is 2.70. The molecule has 0 fully saturated rings. The zero-order valence-electron chi connectivity index (χ0n) is 9.85. The smallest absolute Gasteiger partial charge is 0.0568 e. The lowest BCUT2D eigenvalue weighted by atomic mass is 10.2. The molecule has 0 saturated carbocycles. The van der Waals surface area contributed by atoms with Crippen LogP contribution in [0.15, 0.2) is 30.5 Å². The highest BCUT2D eigenvalue weighted by Crippen LogP contribution is 2.19. The van der Waals surface area contributed by atoms with E-state index < -0.39 is 0 Å². The molecule has 17 heavy (non-hydrogen) atoms. The van der Waals surface area contributed by atoms with Gasteiger partial charge in [-0.3, -0.25) is 4.68 Å². The van der Waals surface area contributed by atoms with E-state index in [-0.39, 0.29) is 0 Å². The standard InChI is InChI=1S/C12H17N5/c1-17-10(5-7-16-17)4-6-15-9-2-3-11(13)12(14)8-9/h2-3,5,7-8,15H,4,6,13-14H2,1H3. The number of hydrogen-bond acceptors (Lipinski definition) is 4. The minimum absolute atomic E-state index is 0.607. The summed E-state index contributed by atoms with van der Waals surface area (Å²) in [5.74, 6) is 0. The van der Waals surface area contributed by atoms with Crippen molar-refractivity contribution in [1.82, 2.24) is 9.78 Å². The van der Waals surface area contributed by atoms with Crippen LogP contribution in [0, 0.1) is 0 Å². The van der Waals surface area contributed by atoms with Crippen molar-refractivity contribution in [2.24, 2.45) is 7.05 Å². The first-order valence-electron chi connectivity index (χ1n) is 5.52. The van der Waals surface area contributed by atoms with E-state index in [2.05, 4.69) is 10.4 Å². The Morgan fingerprint density at radius 1 is 1.24 bits per heavy atom. The molecule has 2 rings (SSSR count). The molecule has 2 aromatic rings. The van der Waals surface area contributed by atoms with Gasteiger partial charge in [0.15, 0.2) is 0 Å². The molecule has 0 unspecified atom stereocenters. The van der Waals surface area contributed by atoms with E-state index in [1.807, 2.05) is 36.0 Å². The molecule has 0 spiro atoms. The number of nitrogens with two attached hydrogens (primary N) is 2. The Hall–Kier alpha value is -2.17. The van der Waals surface area contributed by atoms with Crippen LogP contribution in [0.5, 0.6) is 0 Å². The van der Waals surface area contributed by atoms with E-state index in [9.17, 15) is 0 Å². The first kappa shape index (κ1) is 11.3. The lowest BCUT2D eigenvalue weighted by Gasteiger charge is -2.08. The fraction of sp³-hybridized carbons (Fsp3) is 0.250. The number of aryl methyl sites for hydroxylation is 1. The van der Waals surface area contributed by atoms with Gasteiger partial charge in [-0.25, -0.2) is 0 Å². The van der Waals surface area contributed by atoms with Crippen LogP contribution in [0.2, 0.25) is 0 Å². The normalized spacial score (nSPS) is 10.4. The van der Waals surface area contributed by atoms with Crippen molar-refractivity contribution in [3.05, 3.63) is 36.2 Å². The molecule has 0 aliphatic rings. The highest BCUT2D eigenvalue weighted by molar-refractivity contribution is 5.69. The number of aromatic nitrogens is 2. The zero-order valence-corrected chi connectivity index (χ0v) is 9.85. The Labute approximate surface area is 100 Å². The van der Waals surface area contributed by atoms with Crippen molar-refractivity contribution in [3.63, 3.8) is 0 Å². The molecule has 0 bridgehead atoms. The van der Waals surface area contributed by atoms with E-state index in [0.29, 0.717) is 11.4 Å². The van der Waals surface area contributed by atoms with Gasteiger partial charge in [-0.1, -0.05) is 0 Å². The van der Waals surface area contributed by atoms with Gasteiger partial charge in [-0.05, 0) is 24.3 Å². The van der Waals surface area contributed by atoms with Crippen LogP contribution in [0.3, 0.4) is 0 Å². The van der Waals surface area contributed by atoms with Crippen LogP contribution in [0.1, 0.15) is 5.69 Å². The summed E-state index contributed by atoms with van der Waals surface area (Å²) in [6.07, 6.45) is 2.72. The fourth-order valence-corrected chi connectivity index (χ4v) is 1.67. The third-order valence-electron chi connectivity index (χ3n) is 2.72. The lowest BCUT2D eigenvalue weighted by molar-refractivity contribution is 0.711. The van der Waals surface area contributed by atoms with E-state index >= 15 is 0 Å². The second-order valence-electron chi connectivity index (χ2n) is 3.97. The van der Waals surface area contributed by atoms with Crippen molar-refractivity contribution in [3.8, 4) is 0 Å². The summed E-state index contributed by atoms with van der Waals surface area (Å²) in [5.41, 5.74) is 14.8. The van der Waals surface area contributed by atoms with E-state index in [4.69, 9.17) is 11.5 Å². The van der Waals surface area contributed by atoms with Gasteiger partial charge < -0.3 is 16.8 Å². The van der Waals surface area contributed by atoms with Crippen LogP contribution < -0.4 is 16.8 Å². The topological polar surface area (TPSA) is 81.9 Å². The molecular formula is C12H17N5. The quantitative estimate of drug-likeness (QED) is 0.691. The second-order valence-corrected chi connectivity index (χ2v) is 3.97. The molecule has 5 heteroatoms. The van der Waals surface area contributed by atoms with Crippen molar-refractivity contribution in [1.29, 1.82) is 0 Å². The van der Waals surface area contributed by atoms with Gasteiger partial charge in [-0.15, -0.1) is 0 Å².